The summed E-state index contributed by atoms with van der Waals surface area (Å²) in [7, 11) is 1.29. The lowest BCUT2D eigenvalue weighted by molar-refractivity contribution is -0.323. The summed E-state index contributed by atoms with van der Waals surface area (Å²) in [4.78, 5) is 12.9. The number of phenolic OH excluding ortho intramolecular Hbond substituents is 2. The number of aliphatic hydroxyl groups excluding tert-OH is 7. The van der Waals surface area contributed by atoms with Crippen molar-refractivity contribution in [1.29, 1.82) is 0 Å². The Kier molecular flexibility index (Phi) is 9.38. The van der Waals surface area contributed by atoms with Gasteiger partial charge in [-0.15, -0.1) is 0 Å². The van der Waals surface area contributed by atoms with Crippen LogP contribution in [0.1, 0.15) is 0 Å². The van der Waals surface area contributed by atoms with Gasteiger partial charge in [0.25, 0.3) is 0 Å². The summed E-state index contributed by atoms with van der Waals surface area (Å²) in [5.74, 6) is -2.31. The van der Waals surface area contributed by atoms with Crippen LogP contribution in [0.3, 0.4) is 0 Å². The minimum Gasteiger partial charge on any atom is -0.507 e. The number of hydrogen-bond donors (Lipinski definition) is 10. The fourth-order valence-electron chi connectivity index (χ4n) is 5.03. The number of ether oxygens (including phenoxy) is 5. The molecule has 0 amide bonds. The van der Waals surface area contributed by atoms with Crippen LogP contribution in [0.15, 0.2) is 39.5 Å². The molecule has 2 saturated heterocycles. The highest BCUT2D eigenvalue weighted by Gasteiger charge is 2.48. The number of hydrogen-bond acceptors (Lipinski definition) is 17. The molecular formula is C28H32O17. The van der Waals surface area contributed by atoms with E-state index in [2.05, 4.69) is 0 Å². The Morgan fingerprint density at radius 3 is 2.09 bits per heavy atom. The second kappa shape index (κ2) is 12.9. The van der Waals surface area contributed by atoms with Crippen LogP contribution in [0.25, 0.3) is 22.3 Å². The van der Waals surface area contributed by atoms with Crippen molar-refractivity contribution >= 4 is 11.0 Å². The van der Waals surface area contributed by atoms with Gasteiger partial charge >= 0.3 is 0 Å². The summed E-state index contributed by atoms with van der Waals surface area (Å²) in [5, 5.41) is 102. The average Bonchev–Trinajstić information content (AvgIpc) is 3.02. The van der Waals surface area contributed by atoms with Crippen molar-refractivity contribution < 1.29 is 79.2 Å². The zero-order valence-electron chi connectivity index (χ0n) is 23.4. The molecule has 0 bridgehead atoms. The number of rotatable bonds is 8. The fraction of sp³-hybridized carbons (Fsp3) is 0.464. The molecule has 0 unspecified atom stereocenters. The summed E-state index contributed by atoms with van der Waals surface area (Å²) < 4.78 is 32.6. The highest BCUT2D eigenvalue weighted by atomic mass is 16.7. The van der Waals surface area contributed by atoms with Gasteiger partial charge in [-0.05, 0) is 18.2 Å². The molecule has 10 N–H and O–H groups in total. The van der Waals surface area contributed by atoms with Gasteiger partial charge in [-0.3, -0.25) is 4.79 Å². The van der Waals surface area contributed by atoms with Gasteiger partial charge in [-0.1, -0.05) is 0 Å². The van der Waals surface area contributed by atoms with Crippen LogP contribution in [-0.4, -0.2) is 133 Å². The molecule has 0 saturated carbocycles. The topological polar surface area (TPSA) is 279 Å². The molecule has 2 aromatic carbocycles. The monoisotopic (exact) mass is 640 g/mol. The Hall–Kier alpha value is -3.75. The Labute approximate surface area is 252 Å². The van der Waals surface area contributed by atoms with Gasteiger partial charge < -0.3 is 79.2 Å². The van der Waals surface area contributed by atoms with E-state index < -0.39 is 96.9 Å². The molecule has 0 spiro atoms. The lowest BCUT2D eigenvalue weighted by atomic mass is 9.98. The summed E-state index contributed by atoms with van der Waals surface area (Å²) in [6.45, 7) is -1.32. The Morgan fingerprint density at radius 2 is 1.42 bits per heavy atom. The Morgan fingerprint density at radius 1 is 0.778 bits per heavy atom. The normalized spacial score (nSPS) is 32.0. The van der Waals surface area contributed by atoms with Gasteiger partial charge in [-0.25, -0.2) is 0 Å². The van der Waals surface area contributed by atoms with E-state index in [0.29, 0.717) is 0 Å². The van der Waals surface area contributed by atoms with E-state index in [9.17, 15) is 55.9 Å². The van der Waals surface area contributed by atoms with E-state index in [-0.39, 0.29) is 34.2 Å². The van der Waals surface area contributed by atoms with Crippen LogP contribution in [0.2, 0.25) is 0 Å². The molecule has 246 valence electrons. The van der Waals surface area contributed by atoms with E-state index in [0.717, 1.165) is 12.1 Å². The third kappa shape index (κ3) is 6.10. The number of fused-ring (bicyclic) bond motifs is 1. The fourth-order valence-corrected chi connectivity index (χ4v) is 5.03. The first-order valence-corrected chi connectivity index (χ1v) is 13.5. The number of phenols is 2. The van der Waals surface area contributed by atoms with E-state index in [1.807, 2.05) is 0 Å². The summed E-state index contributed by atoms with van der Waals surface area (Å²) in [5.41, 5.74) is -1.14. The molecule has 0 aliphatic carbocycles. The maximum absolute atomic E-state index is 12.9. The average molecular weight is 641 g/mol. The van der Waals surface area contributed by atoms with Crippen molar-refractivity contribution in [3.8, 4) is 40.1 Å². The molecule has 2 aliphatic heterocycles. The lowest BCUT2D eigenvalue weighted by Crippen LogP contribution is -2.62. The second-order valence-corrected chi connectivity index (χ2v) is 10.5. The third-order valence-corrected chi connectivity index (χ3v) is 7.56. The first kappa shape index (κ1) is 32.6. The zero-order valence-corrected chi connectivity index (χ0v) is 23.4. The van der Waals surface area contributed by atoms with Crippen LogP contribution in [-0.2, 0) is 14.2 Å². The van der Waals surface area contributed by atoms with Crippen molar-refractivity contribution in [2.75, 3.05) is 20.3 Å². The molecule has 2 aliphatic rings. The minimum absolute atomic E-state index is 0.0174. The highest BCUT2D eigenvalue weighted by molar-refractivity contribution is 5.88. The van der Waals surface area contributed by atoms with Crippen LogP contribution in [0, 0.1) is 0 Å². The molecule has 10 atom stereocenters. The third-order valence-electron chi connectivity index (χ3n) is 7.56. The number of benzene rings is 2. The van der Waals surface area contributed by atoms with Crippen molar-refractivity contribution in [3.63, 3.8) is 0 Å². The maximum Gasteiger partial charge on any atom is 0.238 e. The standard InChI is InChI=1S/C28H32O17/c1-40-13-4-9(2-3-11(13)30)26-23(37)20(34)17-12(31)5-10(6-14(17)43-26)42-28-25(39)22(36)19(33)16(45-28)8-41-27-24(38)21(35)18(32)15(7-29)44-27/h2-6,15-16,18-19,21-22,24-25,27-33,35-39H,7-8H2,1H3/t15-,16-,18-,19-,21+,22+,24+,25+,27+,28+/m1/s1. The molecule has 17 nitrogen and oxygen atoms in total. The largest absolute Gasteiger partial charge is 0.507 e. The second-order valence-electron chi connectivity index (χ2n) is 10.5. The molecule has 0 radical (unpaired) electrons. The Bertz CT molecular complexity index is 1570. The van der Waals surface area contributed by atoms with Crippen molar-refractivity contribution in [2.24, 2.45) is 0 Å². The first-order valence-electron chi connectivity index (χ1n) is 13.5. The molecule has 3 heterocycles. The number of methoxy groups -OCH3 is 1. The predicted octanol–water partition coefficient (Wildman–Crippen LogP) is -2.41. The van der Waals surface area contributed by atoms with Gasteiger partial charge in [0.05, 0.1) is 20.3 Å². The van der Waals surface area contributed by atoms with Gasteiger partial charge in [0.15, 0.2) is 23.5 Å². The van der Waals surface area contributed by atoms with E-state index in [1.54, 1.807) is 0 Å². The summed E-state index contributed by atoms with van der Waals surface area (Å²) >= 11 is 0. The first-order chi connectivity index (χ1) is 21.4. The Balaban J connectivity index is 1.39. The van der Waals surface area contributed by atoms with Gasteiger partial charge in [0.1, 0.15) is 71.3 Å². The number of aromatic hydroxyl groups is 3. The van der Waals surface area contributed by atoms with Crippen LogP contribution in [0.4, 0.5) is 0 Å². The van der Waals surface area contributed by atoms with Gasteiger partial charge in [-0.2, -0.15) is 0 Å². The molecule has 1 aromatic heterocycles. The van der Waals surface area contributed by atoms with E-state index >= 15 is 0 Å². The van der Waals surface area contributed by atoms with Gasteiger partial charge in [0.2, 0.25) is 17.5 Å². The lowest BCUT2D eigenvalue weighted by Gasteiger charge is -2.42. The SMILES string of the molecule is COc1cc(-c2oc3cc(O[C@H]4O[C@H](CO[C@H]5O[C@H](CO)[C@@H](O)[C@H](O)[C@@H]5O)[C@@H](O)[C@H](O)[C@@H]4O)cc(O)c3c(=O)c2O)ccc1O. The van der Waals surface area contributed by atoms with Crippen molar-refractivity contribution in [2.45, 2.75) is 61.4 Å². The molecule has 5 rings (SSSR count). The highest BCUT2D eigenvalue weighted by Crippen LogP contribution is 2.39. The van der Waals surface area contributed by atoms with Crippen LogP contribution < -0.4 is 14.9 Å². The quantitative estimate of drug-likeness (QED) is 0.123. The minimum atomic E-state index is -1.85. The van der Waals surface area contributed by atoms with Crippen molar-refractivity contribution in [1.82, 2.24) is 0 Å². The summed E-state index contributed by atoms with van der Waals surface area (Å²) in [6, 6.07) is 5.96. The number of aliphatic hydroxyl groups is 7. The molecule has 3 aromatic rings. The molecule has 17 heteroatoms. The zero-order chi connectivity index (χ0) is 32.7. The molecular weight excluding hydrogens is 608 g/mol. The maximum atomic E-state index is 12.9. The summed E-state index contributed by atoms with van der Waals surface area (Å²) in [6.07, 6.45) is -16.6. The van der Waals surface area contributed by atoms with E-state index in [4.69, 9.17) is 28.1 Å². The van der Waals surface area contributed by atoms with Crippen LogP contribution >= 0.6 is 0 Å². The van der Waals surface area contributed by atoms with Crippen LogP contribution in [0.5, 0.6) is 28.7 Å². The molecule has 45 heavy (non-hydrogen) atoms. The van der Waals surface area contributed by atoms with Crippen molar-refractivity contribution in [3.05, 3.63) is 40.6 Å². The predicted molar refractivity (Wildman–Crippen MR) is 146 cm³/mol. The molecule has 2 fully saturated rings. The van der Waals surface area contributed by atoms with Gasteiger partial charge in [0, 0.05) is 17.7 Å². The van der Waals surface area contributed by atoms with E-state index in [1.165, 1.54) is 25.3 Å². The smallest absolute Gasteiger partial charge is 0.238 e.